The van der Waals surface area contributed by atoms with Gasteiger partial charge in [-0.1, -0.05) is 100 Å². The average molecular weight is 645 g/mol. The van der Waals surface area contributed by atoms with Gasteiger partial charge in [0, 0.05) is 11.4 Å². The Morgan fingerprint density at radius 3 is 1.10 bits per heavy atom. The number of aryl methyl sites for hydroxylation is 4. The monoisotopic (exact) mass is 644 g/mol. The normalized spacial score (nSPS) is 12.7. The second kappa shape index (κ2) is 13.2. The molecule has 7 rings (SSSR count). The third kappa shape index (κ3) is 5.51. The summed E-state index contributed by atoms with van der Waals surface area (Å²) in [7, 11) is 0. The molecular weight excluding hydrogens is 601 g/mol. The van der Waals surface area contributed by atoms with E-state index in [0.717, 1.165) is 60.1 Å². The summed E-state index contributed by atoms with van der Waals surface area (Å²) in [5.41, 5.74) is 25.3. The molecule has 0 amide bonds. The summed E-state index contributed by atoms with van der Waals surface area (Å²) in [5, 5.41) is 0. The number of rotatable bonds is 10. The summed E-state index contributed by atoms with van der Waals surface area (Å²) < 4.78 is 13.3. The van der Waals surface area contributed by atoms with Gasteiger partial charge < -0.3 is 20.9 Å². The van der Waals surface area contributed by atoms with E-state index in [9.17, 15) is 0 Å². The Morgan fingerprint density at radius 1 is 0.449 bits per heavy atom. The van der Waals surface area contributed by atoms with Gasteiger partial charge in [-0.15, -0.1) is 0 Å². The molecular formula is C45H44N2O2. The van der Waals surface area contributed by atoms with E-state index in [1.807, 2.05) is 48.5 Å². The zero-order valence-electron chi connectivity index (χ0n) is 28.8. The predicted octanol–water partition coefficient (Wildman–Crippen LogP) is 11.0. The third-order valence-corrected chi connectivity index (χ3v) is 10.0. The second-order valence-electron chi connectivity index (χ2n) is 12.8. The van der Waals surface area contributed by atoms with Crippen LogP contribution in [-0.4, -0.2) is 0 Å². The summed E-state index contributed by atoms with van der Waals surface area (Å²) in [6.07, 6.45) is 3.33. The Hall–Kier alpha value is -5.48. The minimum absolute atomic E-state index is 0.547. The lowest BCUT2D eigenvalue weighted by Crippen LogP contribution is -2.29. The molecule has 4 nitrogen and oxygen atoms in total. The van der Waals surface area contributed by atoms with Crippen LogP contribution in [0.1, 0.15) is 72.2 Å². The molecule has 0 spiro atoms. The zero-order valence-corrected chi connectivity index (χ0v) is 28.8. The van der Waals surface area contributed by atoms with Gasteiger partial charge in [-0.2, -0.15) is 0 Å². The molecule has 1 aliphatic carbocycles. The number of hydrogen-bond donors (Lipinski definition) is 2. The van der Waals surface area contributed by atoms with Crippen molar-refractivity contribution in [2.75, 3.05) is 11.5 Å². The fraction of sp³-hybridized carbons (Fsp3) is 0.200. The van der Waals surface area contributed by atoms with Crippen LogP contribution in [-0.2, 0) is 31.1 Å². The minimum Gasteiger partial charge on any atom is -0.457 e. The molecule has 0 heterocycles. The van der Waals surface area contributed by atoms with Crippen LogP contribution in [0, 0.1) is 0 Å². The van der Waals surface area contributed by atoms with Crippen molar-refractivity contribution >= 4 is 11.4 Å². The number of nitrogen functional groups attached to an aromatic ring is 2. The highest BCUT2D eigenvalue weighted by Gasteiger charge is 2.47. The fourth-order valence-corrected chi connectivity index (χ4v) is 7.59. The molecule has 0 aliphatic heterocycles. The van der Waals surface area contributed by atoms with E-state index < -0.39 is 5.41 Å². The summed E-state index contributed by atoms with van der Waals surface area (Å²) in [6, 6.07) is 42.7. The molecule has 49 heavy (non-hydrogen) atoms. The molecule has 0 saturated heterocycles. The molecule has 0 radical (unpaired) electrons. The van der Waals surface area contributed by atoms with Crippen molar-refractivity contribution in [1.29, 1.82) is 0 Å². The van der Waals surface area contributed by atoms with Crippen LogP contribution in [0.3, 0.4) is 0 Å². The Balaban J connectivity index is 1.50. The summed E-state index contributed by atoms with van der Waals surface area (Å²) >= 11 is 0. The largest absolute Gasteiger partial charge is 0.457 e. The molecule has 0 atom stereocenters. The molecule has 246 valence electrons. The van der Waals surface area contributed by atoms with E-state index in [1.54, 1.807) is 0 Å². The van der Waals surface area contributed by atoms with E-state index >= 15 is 0 Å². The first-order valence-corrected chi connectivity index (χ1v) is 17.5. The van der Waals surface area contributed by atoms with Crippen LogP contribution in [0.4, 0.5) is 11.4 Å². The topological polar surface area (TPSA) is 70.5 Å². The summed E-state index contributed by atoms with van der Waals surface area (Å²) in [4.78, 5) is 0. The maximum atomic E-state index is 6.65. The number of anilines is 2. The van der Waals surface area contributed by atoms with Crippen LogP contribution in [0.5, 0.6) is 23.0 Å². The zero-order chi connectivity index (χ0) is 34.1. The molecule has 0 bridgehead atoms. The Morgan fingerprint density at radius 2 is 0.776 bits per heavy atom. The molecule has 6 aromatic carbocycles. The van der Waals surface area contributed by atoms with Crippen molar-refractivity contribution in [2.24, 2.45) is 0 Å². The Labute approximate surface area is 290 Å². The minimum atomic E-state index is -0.547. The SMILES string of the molecule is CCc1cc(C2(c3cc(CC)c(Oc4ccc(N)cc4)c(CC)c3)c3ccccc3-c3ccccc32)cc(CC)c1Oc1ccc(N)cc1. The Bertz CT molecular complexity index is 1930. The van der Waals surface area contributed by atoms with Crippen molar-refractivity contribution in [3.05, 3.63) is 166 Å². The van der Waals surface area contributed by atoms with E-state index in [2.05, 4.69) is 100 Å². The van der Waals surface area contributed by atoms with Gasteiger partial charge >= 0.3 is 0 Å². The number of nitrogens with two attached hydrogens (primary N) is 2. The van der Waals surface area contributed by atoms with Crippen LogP contribution >= 0.6 is 0 Å². The van der Waals surface area contributed by atoms with Crippen LogP contribution in [0.15, 0.2) is 121 Å². The second-order valence-corrected chi connectivity index (χ2v) is 12.8. The molecule has 6 aromatic rings. The van der Waals surface area contributed by atoms with Gasteiger partial charge in [0.2, 0.25) is 0 Å². The fourth-order valence-electron chi connectivity index (χ4n) is 7.59. The van der Waals surface area contributed by atoms with Crippen LogP contribution in [0.25, 0.3) is 11.1 Å². The highest BCUT2D eigenvalue weighted by Crippen LogP contribution is 2.57. The average Bonchev–Trinajstić information content (AvgIpc) is 3.44. The van der Waals surface area contributed by atoms with Gasteiger partial charge in [0.25, 0.3) is 0 Å². The quantitative estimate of drug-likeness (QED) is 0.145. The summed E-state index contributed by atoms with van der Waals surface area (Å²) in [6.45, 7) is 8.85. The molecule has 0 unspecified atom stereocenters. The predicted molar refractivity (Wildman–Crippen MR) is 203 cm³/mol. The van der Waals surface area contributed by atoms with Crippen molar-refractivity contribution in [3.63, 3.8) is 0 Å². The van der Waals surface area contributed by atoms with Gasteiger partial charge in [0.15, 0.2) is 0 Å². The lowest BCUT2D eigenvalue weighted by atomic mass is 9.66. The van der Waals surface area contributed by atoms with Gasteiger partial charge in [0.05, 0.1) is 5.41 Å². The standard InChI is InChI=1S/C45H44N2O2/c1-5-29-25-33(26-30(6-2)43(29)48-37-21-17-35(46)18-22-37)45(41-15-11-9-13-39(41)40-14-10-12-16-42(40)45)34-27-31(7-3)44(32(8-4)28-34)49-38-23-19-36(47)20-24-38/h9-28H,5-8,46-47H2,1-4H3. The first-order valence-electron chi connectivity index (χ1n) is 17.5. The first-order chi connectivity index (χ1) is 23.9. The lowest BCUT2D eigenvalue weighted by molar-refractivity contribution is 0.469. The number of hydrogen-bond acceptors (Lipinski definition) is 4. The van der Waals surface area contributed by atoms with E-state index in [0.29, 0.717) is 0 Å². The van der Waals surface area contributed by atoms with Crippen molar-refractivity contribution < 1.29 is 9.47 Å². The van der Waals surface area contributed by atoms with Gasteiger partial charge in [-0.05, 0) is 130 Å². The van der Waals surface area contributed by atoms with E-state index in [1.165, 1.54) is 55.6 Å². The number of ether oxygens (including phenoxy) is 2. The lowest BCUT2D eigenvalue weighted by Gasteiger charge is -2.36. The maximum absolute atomic E-state index is 6.65. The smallest absolute Gasteiger partial charge is 0.133 e. The van der Waals surface area contributed by atoms with E-state index in [4.69, 9.17) is 20.9 Å². The molecule has 0 saturated carbocycles. The van der Waals surface area contributed by atoms with Gasteiger partial charge in [-0.25, -0.2) is 0 Å². The molecule has 4 N–H and O–H groups in total. The first kappa shape index (κ1) is 32.1. The van der Waals surface area contributed by atoms with Crippen molar-refractivity contribution in [2.45, 2.75) is 58.8 Å². The van der Waals surface area contributed by atoms with E-state index in [-0.39, 0.29) is 0 Å². The Kier molecular flexibility index (Phi) is 8.64. The number of benzene rings is 6. The van der Waals surface area contributed by atoms with Crippen molar-refractivity contribution in [3.8, 4) is 34.1 Å². The van der Waals surface area contributed by atoms with Crippen molar-refractivity contribution in [1.82, 2.24) is 0 Å². The molecule has 4 heteroatoms. The molecule has 1 aliphatic rings. The third-order valence-electron chi connectivity index (χ3n) is 10.0. The van der Waals surface area contributed by atoms with Gasteiger partial charge in [0.1, 0.15) is 23.0 Å². The summed E-state index contributed by atoms with van der Waals surface area (Å²) in [5.74, 6) is 3.44. The van der Waals surface area contributed by atoms with Gasteiger partial charge in [-0.3, -0.25) is 0 Å². The molecule has 0 aromatic heterocycles. The van der Waals surface area contributed by atoms with Crippen LogP contribution < -0.4 is 20.9 Å². The number of fused-ring (bicyclic) bond motifs is 3. The highest BCUT2D eigenvalue weighted by atomic mass is 16.5. The maximum Gasteiger partial charge on any atom is 0.133 e. The highest BCUT2D eigenvalue weighted by molar-refractivity contribution is 5.86. The van der Waals surface area contributed by atoms with Crippen LogP contribution in [0.2, 0.25) is 0 Å². The molecule has 0 fully saturated rings.